The Kier molecular flexibility index (Phi) is 4.40. The van der Waals surface area contributed by atoms with Crippen LogP contribution in [-0.4, -0.2) is 29.6 Å². The Balaban J connectivity index is 1.97. The second-order valence-electron chi connectivity index (χ2n) is 4.77. The third kappa shape index (κ3) is 3.20. The van der Waals surface area contributed by atoms with Crippen molar-refractivity contribution in [3.8, 4) is 5.75 Å². The van der Waals surface area contributed by atoms with E-state index in [2.05, 4.69) is 4.90 Å². The average Bonchev–Trinajstić information content (AvgIpc) is 2.38. The van der Waals surface area contributed by atoms with Crippen molar-refractivity contribution in [2.45, 2.75) is 32.2 Å². The van der Waals surface area contributed by atoms with Crippen LogP contribution in [0.15, 0.2) is 18.2 Å². The van der Waals surface area contributed by atoms with Gasteiger partial charge in [-0.1, -0.05) is 18.6 Å². The minimum atomic E-state index is 0.393. The van der Waals surface area contributed by atoms with Gasteiger partial charge in [-0.3, -0.25) is 0 Å². The monoisotopic (exact) mass is 234 g/mol. The van der Waals surface area contributed by atoms with Gasteiger partial charge in [0.15, 0.2) is 0 Å². The zero-order chi connectivity index (χ0) is 12.1. The molecule has 1 aromatic rings. The summed E-state index contributed by atoms with van der Waals surface area (Å²) >= 11 is 0. The predicted molar refractivity (Wildman–Crippen MR) is 70.0 cm³/mol. The lowest BCUT2D eigenvalue weighted by Gasteiger charge is -2.26. The van der Waals surface area contributed by atoms with Gasteiger partial charge in [0.25, 0.3) is 0 Å². The minimum absolute atomic E-state index is 0.393. The molecular formula is C14H22N2O. The number of likely N-dealkylation sites (tertiary alicyclic amines) is 1. The SMILES string of the molecule is NCc1cccc(O)c1CCN1CCCCC1. The second kappa shape index (κ2) is 6.03. The highest BCUT2D eigenvalue weighted by Crippen LogP contribution is 2.22. The van der Waals surface area contributed by atoms with Gasteiger partial charge in [-0.25, -0.2) is 0 Å². The molecule has 0 aromatic heterocycles. The van der Waals surface area contributed by atoms with Gasteiger partial charge >= 0.3 is 0 Å². The third-order valence-electron chi connectivity index (χ3n) is 3.59. The number of hydrogen-bond donors (Lipinski definition) is 2. The van der Waals surface area contributed by atoms with Crippen LogP contribution < -0.4 is 5.73 Å². The van der Waals surface area contributed by atoms with Gasteiger partial charge in [0, 0.05) is 13.1 Å². The van der Waals surface area contributed by atoms with Gasteiger partial charge < -0.3 is 15.7 Å². The van der Waals surface area contributed by atoms with Gasteiger partial charge in [0.05, 0.1) is 0 Å². The molecule has 0 unspecified atom stereocenters. The van der Waals surface area contributed by atoms with Gasteiger partial charge in [-0.2, -0.15) is 0 Å². The number of phenols is 1. The van der Waals surface area contributed by atoms with Crippen molar-refractivity contribution in [1.82, 2.24) is 4.90 Å². The Labute approximate surface area is 103 Å². The summed E-state index contributed by atoms with van der Waals surface area (Å²) in [6.07, 6.45) is 4.88. The van der Waals surface area contributed by atoms with Crippen LogP contribution in [0.5, 0.6) is 5.75 Å². The van der Waals surface area contributed by atoms with Crippen molar-refractivity contribution in [2.75, 3.05) is 19.6 Å². The molecule has 1 aliphatic rings. The lowest BCUT2D eigenvalue weighted by Crippen LogP contribution is -2.31. The molecule has 2 rings (SSSR count). The molecule has 0 aliphatic carbocycles. The summed E-state index contributed by atoms with van der Waals surface area (Å²) in [6, 6.07) is 5.62. The molecule has 17 heavy (non-hydrogen) atoms. The van der Waals surface area contributed by atoms with E-state index in [1.54, 1.807) is 6.07 Å². The van der Waals surface area contributed by atoms with Crippen molar-refractivity contribution < 1.29 is 5.11 Å². The first-order chi connectivity index (χ1) is 8.31. The van der Waals surface area contributed by atoms with Crippen molar-refractivity contribution >= 4 is 0 Å². The van der Waals surface area contributed by atoms with Crippen molar-refractivity contribution in [3.05, 3.63) is 29.3 Å². The van der Waals surface area contributed by atoms with E-state index in [1.165, 1.54) is 32.4 Å². The summed E-state index contributed by atoms with van der Waals surface area (Å²) in [7, 11) is 0. The lowest BCUT2D eigenvalue weighted by atomic mass is 10.0. The number of nitrogens with zero attached hydrogens (tertiary/aromatic N) is 1. The van der Waals surface area contributed by atoms with Crippen molar-refractivity contribution in [3.63, 3.8) is 0 Å². The molecular weight excluding hydrogens is 212 g/mol. The Morgan fingerprint density at radius 2 is 1.94 bits per heavy atom. The average molecular weight is 234 g/mol. The highest BCUT2D eigenvalue weighted by atomic mass is 16.3. The molecule has 1 saturated heterocycles. The zero-order valence-electron chi connectivity index (χ0n) is 10.4. The number of rotatable bonds is 4. The zero-order valence-corrected chi connectivity index (χ0v) is 10.4. The fraction of sp³-hybridized carbons (Fsp3) is 0.571. The van der Waals surface area contributed by atoms with Crippen LogP contribution >= 0.6 is 0 Å². The number of aromatic hydroxyl groups is 1. The van der Waals surface area contributed by atoms with Crippen LogP contribution in [-0.2, 0) is 13.0 Å². The van der Waals surface area contributed by atoms with E-state index in [9.17, 15) is 5.11 Å². The van der Waals surface area contributed by atoms with Crippen LogP contribution in [0.2, 0.25) is 0 Å². The van der Waals surface area contributed by atoms with E-state index < -0.39 is 0 Å². The molecule has 0 saturated carbocycles. The van der Waals surface area contributed by atoms with E-state index in [0.29, 0.717) is 12.3 Å². The molecule has 94 valence electrons. The lowest BCUT2D eigenvalue weighted by molar-refractivity contribution is 0.230. The quantitative estimate of drug-likeness (QED) is 0.836. The molecule has 1 fully saturated rings. The normalized spacial score (nSPS) is 17.2. The summed E-state index contributed by atoms with van der Waals surface area (Å²) < 4.78 is 0. The highest BCUT2D eigenvalue weighted by Gasteiger charge is 2.12. The van der Waals surface area contributed by atoms with Gasteiger partial charge in [-0.05, 0) is 49.5 Å². The van der Waals surface area contributed by atoms with Gasteiger partial charge in [0.2, 0.25) is 0 Å². The first kappa shape index (κ1) is 12.4. The van der Waals surface area contributed by atoms with Crippen molar-refractivity contribution in [2.24, 2.45) is 5.73 Å². The van der Waals surface area contributed by atoms with E-state index in [0.717, 1.165) is 24.1 Å². The maximum Gasteiger partial charge on any atom is 0.119 e. The molecule has 0 amide bonds. The molecule has 0 bridgehead atoms. The molecule has 3 heteroatoms. The number of benzene rings is 1. The Morgan fingerprint density at radius 1 is 1.18 bits per heavy atom. The predicted octanol–water partition coefficient (Wildman–Crippen LogP) is 1.88. The number of piperidine rings is 1. The van der Waals surface area contributed by atoms with Crippen LogP contribution in [0.25, 0.3) is 0 Å². The minimum Gasteiger partial charge on any atom is -0.508 e. The van der Waals surface area contributed by atoms with Crippen LogP contribution in [0, 0.1) is 0 Å². The maximum atomic E-state index is 9.88. The standard InChI is InChI=1S/C14H22N2O/c15-11-12-5-4-6-14(17)13(12)7-10-16-8-2-1-3-9-16/h4-6,17H,1-3,7-11,15H2. The molecule has 1 aromatic carbocycles. The number of hydrogen-bond acceptors (Lipinski definition) is 3. The fourth-order valence-electron chi connectivity index (χ4n) is 2.55. The van der Waals surface area contributed by atoms with E-state index in [-0.39, 0.29) is 0 Å². The summed E-state index contributed by atoms with van der Waals surface area (Å²) in [5, 5.41) is 9.88. The molecule has 0 atom stereocenters. The van der Waals surface area contributed by atoms with E-state index >= 15 is 0 Å². The number of nitrogens with two attached hydrogens (primary N) is 1. The smallest absolute Gasteiger partial charge is 0.119 e. The summed E-state index contributed by atoms with van der Waals surface area (Å²) in [5.74, 6) is 0.393. The third-order valence-corrected chi connectivity index (χ3v) is 3.59. The Hall–Kier alpha value is -1.06. The van der Waals surface area contributed by atoms with Crippen LogP contribution in [0.1, 0.15) is 30.4 Å². The molecule has 1 heterocycles. The summed E-state index contributed by atoms with van der Waals surface area (Å²) in [6.45, 7) is 3.94. The van der Waals surface area contributed by atoms with Crippen LogP contribution in [0.4, 0.5) is 0 Å². The second-order valence-corrected chi connectivity index (χ2v) is 4.77. The van der Waals surface area contributed by atoms with Crippen LogP contribution in [0.3, 0.4) is 0 Å². The Morgan fingerprint density at radius 3 is 2.65 bits per heavy atom. The topological polar surface area (TPSA) is 49.5 Å². The number of phenolic OH excluding ortho intramolecular Hbond substituents is 1. The Bertz CT molecular complexity index is 359. The van der Waals surface area contributed by atoms with Gasteiger partial charge in [0.1, 0.15) is 5.75 Å². The maximum absolute atomic E-state index is 9.88. The van der Waals surface area contributed by atoms with Gasteiger partial charge in [-0.15, -0.1) is 0 Å². The fourth-order valence-corrected chi connectivity index (χ4v) is 2.55. The molecule has 0 spiro atoms. The molecule has 0 radical (unpaired) electrons. The molecule has 1 aliphatic heterocycles. The van der Waals surface area contributed by atoms with Crippen molar-refractivity contribution in [1.29, 1.82) is 0 Å². The molecule has 3 nitrogen and oxygen atoms in total. The summed E-state index contributed by atoms with van der Waals surface area (Å²) in [4.78, 5) is 2.48. The van der Waals surface area contributed by atoms with E-state index in [1.807, 2.05) is 12.1 Å². The largest absolute Gasteiger partial charge is 0.508 e. The highest BCUT2D eigenvalue weighted by molar-refractivity contribution is 5.39. The van der Waals surface area contributed by atoms with E-state index in [4.69, 9.17) is 5.73 Å². The first-order valence-electron chi connectivity index (χ1n) is 6.53. The molecule has 3 N–H and O–H groups in total. The summed E-state index contributed by atoms with van der Waals surface area (Å²) in [5.41, 5.74) is 7.80. The first-order valence-corrected chi connectivity index (χ1v) is 6.53.